The predicted octanol–water partition coefficient (Wildman–Crippen LogP) is 3.08. The van der Waals surface area contributed by atoms with Gasteiger partial charge in [0.25, 0.3) is 0 Å². The topological polar surface area (TPSA) is 97.4 Å². The van der Waals surface area contributed by atoms with Crippen LogP contribution in [0.4, 0.5) is 5.69 Å². The molecule has 0 aliphatic heterocycles. The van der Waals surface area contributed by atoms with E-state index in [9.17, 15) is 9.59 Å². The number of nitrogens with one attached hydrogen (secondary N) is 2. The minimum atomic E-state index is -0.507. The summed E-state index contributed by atoms with van der Waals surface area (Å²) in [6.07, 6.45) is 1.61. The van der Waals surface area contributed by atoms with E-state index in [1.54, 1.807) is 37.5 Å². The molecule has 0 unspecified atom stereocenters. The third kappa shape index (κ3) is 4.62. The number of furan rings is 1. The Kier molecular flexibility index (Phi) is 5.68. The SMILES string of the molecule is C[C@H](N[C@H](c1ccccc1)c1ccco1)C(=O)Nc1ccc(C(N)=O)cc1. The summed E-state index contributed by atoms with van der Waals surface area (Å²) >= 11 is 0. The van der Waals surface area contributed by atoms with E-state index < -0.39 is 11.9 Å². The molecule has 0 spiro atoms. The molecule has 1 heterocycles. The molecule has 3 aromatic rings. The molecule has 0 fully saturated rings. The summed E-state index contributed by atoms with van der Waals surface area (Å²) in [5.41, 5.74) is 7.20. The molecule has 3 rings (SSSR count). The molecule has 0 saturated heterocycles. The number of anilines is 1. The first kappa shape index (κ1) is 18.4. The predicted molar refractivity (Wildman–Crippen MR) is 103 cm³/mol. The van der Waals surface area contributed by atoms with Crippen molar-refractivity contribution in [1.82, 2.24) is 5.32 Å². The van der Waals surface area contributed by atoms with Crippen LogP contribution in [0, 0.1) is 0 Å². The first-order valence-corrected chi connectivity index (χ1v) is 8.59. The zero-order valence-electron chi connectivity index (χ0n) is 14.9. The number of hydrogen-bond donors (Lipinski definition) is 3. The molecule has 2 amide bonds. The maximum Gasteiger partial charge on any atom is 0.248 e. The van der Waals surface area contributed by atoms with Crippen LogP contribution in [0.15, 0.2) is 77.4 Å². The van der Waals surface area contributed by atoms with Gasteiger partial charge in [0.05, 0.1) is 18.3 Å². The van der Waals surface area contributed by atoms with E-state index >= 15 is 0 Å². The normalized spacial score (nSPS) is 12.9. The molecule has 1 aromatic heterocycles. The Morgan fingerprint density at radius 3 is 2.26 bits per heavy atom. The van der Waals surface area contributed by atoms with Gasteiger partial charge in [-0.3, -0.25) is 14.9 Å². The van der Waals surface area contributed by atoms with Gasteiger partial charge in [0.15, 0.2) is 0 Å². The van der Waals surface area contributed by atoms with E-state index in [0.717, 1.165) is 11.3 Å². The van der Waals surface area contributed by atoms with Crippen molar-refractivity contribution in [2.75, 3.05) is 5.32 Å². The second kappa shape index (κ2) is 8.33. The van der Waals surface area contributed by atoms with Gasteiger partial charge in [0.1, 0.15) is 5.76 Å². The third-order valence-corrected chi connectivity index (χ3v) is 4.21. The van der Waals surface area contributed by atoms with Gasteiger partial charge in [-0.15, -0.1) is 0 Å². The lowest BCUT2D eigenvalue weighted by atomic mass is 10.0. The Balaban J connectivity index is 1.70. The number of hydrogen-bond acceptors (Lipinski definition) is 4. The molecule has 0 aliphatic carbocycles. The van der Waals surface area contributed by atoms with E-state index in [1.165, 1.54) is 0 Å². The van der Waals surface area contributed by atoms with Crippen molar-refractivity contribution < 1.29 is 14.0 Å². The monoisotopic (exact) mass is 363 g/mol. The average Bonchev–Trinajstić information content (AvgIpc) is 3.21. The number of carbonyl (C=O) groups excluding carboxylic acids is 2. The highest BCUT2D eigenvalue weighted by Crippen LogP contribution is 2.23. The zero-order chi connectivity index (χ0) is 19.2. The maximum atomic E-state index is 12.6. The first-order chi connectivity index (χ1) is 13.0. The smallest absolute Gasteiger partial charge is 0.248 e. The van der Waals surface area contributed by atoms with Crippen molar-refractivity contribution in [2.24, 2.45) is 5.73 Å². The zero-order valence-corrected chi connectivity index (χ0v) is 14.9. The van der Waals surface area contributed by atoms with Gasteiger partial charge in [-0.05, 0) is 48.9 Å². The van der Waals surface area contributed by atoms with Crippen LogP contribution >= 0.6 is 0 Å². The van der Waals surface area contributed by atoms with Crippen molar-refractivity contribution in [3.05, 3.63) is 89.9 Å². The van der Waals surface area contributed by atoms with Gasteiger partial charge >= 0.3 is 0 Å². The summed E-state index contributed by atoms with van der Waals surface area (Å²) in [7, 11) is 0. The Morgan fingerprint density at radius 2 is 1.67 bits per heavy atom. The van der Waals surface area contributed by atoms with Crippen molar-refractivity contribution in [3.63, 3.8) is 0 Å². The number of primary amides is 1. The first-order valence-electron chi connectivity index (χ1n) is 8.59. The lowest BCUT2D eigenvalue weighted by Gasteiger charge is -2.22. The van der Waals surface area contributed by atoms with Gasteiger partial charge < -0.3 is 15.5 Å². The standard InChI is InChI=1S/C21H21N3O3/c1-14(21(26)24-17-11-9-16(10-12-17)20(22)25)23-19(18-8-5-13-27-18)15-6-3-2-4-7-15/h2-14,19,23H,1H3,(H2,22,25)(H,24,26)/t14-,19+/m0/s1. The van der Waals surface area contributed by atoms with Crippen LogP contribution in [0.1, 0.15) is 34.6 Å². The Bertz CT molecular complexity index is 890. The molecule has 0 bridgehead atoms. The summed E-state index contributed by atoms with van der Waals surface area (Å²) in [5.74, 6) is 0.0213. The lowest BCUT2D eigenvalue weighted by molar-refractivity contribution is -0.117. The fourth-order valence-electron chi connectivity index (χ4n) is 2.74. The van der Waals surface area contributed by atoms with E-state index in [1.807, 2.05) is 42.5 Å². The van der Waals surface area contributed by atoms with Crippen LogP contribution in [0.25, 0.3) is 0 Å². The lowest BCUT2D eigenvalue weighted by Crippen LogP contribution is -2.40. The molecular weight excluding hydrogens is 342 g/mol. The average molecular weight is 363 g/mol. The summed E-state index contributed by atoms with van der Waals surface area (Å²) in [6.45, 7) is 1.78. The van der Waals surface area contributed by atoms with Crippen LogP contribution in [0.2, 0.25) is 0 Å². The maximum absolute atomic E-state index is 12.6. The molecule has 6 nitrogen and oxygen atoms in total. The molecule has 0 radical (unpaired) electrons. The number of amides is 2. The number of rotatable bonds is 7. The van der Waals surface area contributed by atoms with Crippen LogP contribution in [-0.4, -0.2) is 17.9 Å². The number of carbonyl (C=O) groups is 2. The molecule has 138 valence electrons. The Hall–Kier alpha value is -3.38. The number of benzene rings is 2. The minimum Gasteiger partial charge on any atom is -0.467 e. The van der Waals surface area contributed by atoms with Crippen LogP contribution in [-0.2, 0) is 4.79 Å². The highest BCUT2D eigenvalue weighted by atomic mass is 16.3. The molecule has 0 saturated carbocycles. The highest BCUT2D eigenvalue weighted by Gasteiger charge is 2.22. The van der Waals surface area contributed by atoms with Crippen LogP contribution in [0.5, 0.6) is 0 Å². The Labute approximate surface area is 157 Å². The third-order valence-electron chi connectivity index (χ3n) is 4.21. The van der Waals surface area contributed by atoms with Crippen LogP contribution < -0.4 is 16.4 Å². The largest absolute Gasteiger partial charge is 0.467 e. The minimum absolute atomic E-state index is 0.200. The molecular formula is C21H21N3O3. The van der Waals surface area contributed by atoms with Gasteiger partial charge in [-0.25, -0.2) is 0 Å². The van der Waals surface area contributed by atoms with Crippen molar-refractivity contribution in [2.45, 2.75) is 19.0 Å². The van der Waals surface area contributed by atoms with E-state index in [2.05, 4.69) is 10.6 Å². The fraction of sp³-hybridized carbons (Fsp3) is 0.143. The fourth-order valence-corrected chi connectivity index (χ4v) is 2.74. The van der Waals surface area contributed by atoms with Crippen molar-refractivity contribution >= 4 is 17.5 Å². The van der Waals surface area contributed by atoms with Gasteiger partial charge in [-0.1, -0.05) is 30.3 Å². The highest BCUT2D eigenvalue weighted by molar-refractivity contribution is 5.96. The summed E-state index contributed by atoms with van der Waals surface area (Å²) in [5, 5.41) is 6.13. The summed E-state index contributed by atoms with van der Waals surface area (Å²) in [4.78, 5) is 23.7. The second-order valence-corrected chi connectivity index (χ2v) is 6.18. The van der Waals surface area contributed by atoms with E-state index in [-0.39, 0.29) is 11.9 Å². The Morgan fingerprint density at radius 1 is 0.963 bits per heavy atom. The van der Waals surface area contributed by atoms with Crippen LogP contribution in [0.3, 0.4) is 0 Å². The van der Waals surface area contributed by atoms with Gasteiger partial charge in [-0.2, -0.15) is 0 Å². The van der Waals surface area contributed by atoms with Crippen molar-refractivity contribution in [1.29, 1.82) is 0 Å². The molecule has 0 aliphatic rings. The second-order valence-electron chi connectivity index (χ2n) is 6.18. The van der Waals surface area contributed by atoms with Gasteiger partial charge in [0, 0.05) is 11.3 Å². The van der Waals surface area contributed by atoms with E-state index in [4.69, 9.17) is 10.2 Å². The molecule has 4 N–H and O–H groups in total. The molecule has 27 heavy (non-hydrogen) atoms. The molecule has 2 aromatic carbocycles. The molecule has 6 heteroatoms. The van der Waals surface area contributed by atoms with Crippen molar-refractivity contribution in [3.8, 4) is 0 Å². The summed E-state index contributed by atoms with van der Waals surface area (Å²) in [6, 6.07) is 19.2. The summed E-state index contributed by atoms with van der Waals surface area (Å²) < 4.78 is 5.55. The quantitative estimate of drug-likeness (QED) is 0.601. The molecule has 2 atom stereocenters. The number of nitrogens with two attached hydrogens (primary N) is 1. The van der Waals surface area contributed by atoms with E-state index in [0.29, 0.717) is 11.3 Å². The van der Waals surface area contributed by atoms with Gasteiger partial charge in [0.2, 0.25) is 11.8 Å².